The van der Waals surface area contributed by atoms with Gasteiger partial charge in [0.1, 0.15) is 17.2 Å². The first-order valence-electron chi connectivity index (χ1n) is 7.18. The molecule has 0 saturated heterocycles. The Bertz CT molecular complexity index is 762. The zero-order valence-corrected chi connectivity index (χ0v) is 12.3. The maximum atomic E-state index is 13.9. The number of halogens is 1. The Labute approximate surface area is 123 Å². The Kier molecular flexibility index (Phi) is 3.69. The number of imidazole rings is 1. The van der Waals surface area contributed by atoms with Gasteiger partial charge in [0.05, 0.1) is 6.54 Å². The molecular formula is C17H18FN3. The fraction of sp³-hybridized carbons (Fsp3) is 0.294. The molecule has 108 valence electrons. The zero-order valence-electron chi connectivity index (χ0n) is 12.3. The van der Waals surface area contributed by atoms with Crippen molar-refractivity contribution in [1.82, 2.24) is 14.5 Å². The lowest BCUT2D eigenvalue weighted by atomic mass is 10.1. The molecular weight excluding hydrogens is 265 g/mol. The van der Waals surface area contributed by atoms with E-state index < -0.39 is 0 Å². The van der Waals surface area contributed by atoms with Gasteiger partial charge in [-0.2, -0.15) is 0 Å². The number of pyridine rings is 1. The molecule has 0 aliphatic heterocycles. The van der Waals surface area contributed by atoms with E-state index in [9.17, 15) is 4.39 Å². The van der Waals surface area contributed by atoms with E-state index in [1.165, 1.54) is 6.07 Å². The van der Waals surface area contributed by atoms with Gasteiger partial charge in [-0.1, -0.05) is 32.0 Å². The van der Waals surface area contributed by atoms with Gasteiger partial charge in [0.2, 0.25) is 0 Å². The monoisotopic (exact) mass is 283 g/mol. The molecule has 0 N–H and O–H groups in total. The Morgan fingerprint density at radius 2 is 1.95 bits per heavy atom. The van der Waals surface area contributed by atoms with Gasteiger partial charge in [0.15, 0.2) is 5.65 Å². The predicted octanol–water partition coefficient (Wildman–Crippen LogP) is 3.82. The van der Waals surface area contributed by atoms with E-state index in [0.717, 1.165) is 23.4 Å². The van der Waals surface area contributed by atoms with Crippen LogP contribution in [-0.2, 0) is 13.0 Å². The van der Waals surface area contributed by atoms with Crippen molar-refractivity contribution < 1.29 is 4.39 Å². The van der Waals surface area contributed by atoms with Crippen LogP contribution in [-0.4, -0.2) is 14.5 Å². The van der Waals surface area contributed by atoms with Crippen molar-refractivity contribution in [2.24, 2.45) is 5.92 Å². The van der Waals surface area contributed by atoms with Gasteiger partial charge in [-0.05, 0) is 24.1 Å². The van der Waals surface area contributed by atoms with Gasteiger partial charge in [-0.15, -0.1) is 0 Å². The number of benzene rings is 1. The van der Waals surface area contributed by atoms with Gasteiger partial charge in [0, 0.05) is 18.2 Å². The molecule has 4 heteroatoms. The van der Waals surface area contributed by atoms with E-state index in [1.54, 1.807) is 12.3 Å². The van der Waals surface area contributed by atoms with Gasteiger partial charge in [-0.3, -0.25) is 0 Å². The fourth-order valence-corrected chi connectivity index (χ4v) is 2.49. The Morgan fingerprint density at radius 3 is 2.71 bits per heavy atom. The Morgan fingerprint density at radius 1 is 1.14 bits per heavy atom. The third-order valence-electron chi connectivity index (χ3n) is 3.46. The second-order valence-corrected chi connectivity index (χ2v) is 5.65. The molecule has 0 bridgehead atoms. The minimum atomic E-state index is -0.189. The number of rotatable bonds is 4. The van der Waals surface area contributed by atoms with Crippen molar-refractivity contribution in [2.45, 2.75) is 26.8 Å². The highest BCUT2D eigenvalue weighted by Gasteiger charge is 2.14. The van der Waals surface area contributed by atoms with Crippen molar-refractivity contribution in [3.63, 3.8) is 0 Å². The van der Waals surface area contributed by atoms with E-state index in [1.807, 2.05) is 28.8 Å². The molecule has 2 heterocycles. The SMILES string of the molecule is CC(C)Cc1nc2cccnc2n1Cc1ccccc1F. The average Bonchev–Trinajstić information content (AvgIpc) is 2.78. The lowest BCUT2D eigenvalue weighted by Crippen LogP contribution is -2.09. The Hall–Kier alpha value is -2.23. The van der Waals surface area contributed by atoms with E-state index in [0.29, 0.717) is 18.0 Å². The average molecular weight is 283 g/mol. The third kappa shape index (κ3) is 2.79. The Balaban J connectivity index is 2.09. The van der Waals surface area contributed by atoms with Crippen LogP contribution in [0.3, 0.4) is 0 Å². The fourth-order valence-electron chi connectivity index (χ4n) is 2.49. The molecule has 3 rings (SSSR count). The molecule has 0 saturated carbocycles. The van der Waals surface area contributed by atoms with Crippen molar-refractivity contribution in [2.75, 3.05) is 0 Å². The summed E-state index contributed by atoms with van der Waals surface area (Å²) in [6.07, 6.45) is 2.60. The number of fused-ring (bicyclic) bond motifs is 1. The topological polar surface area (TPSA) is 30.7 Å². The molecule has 0 atom stereocenters. The maximum absolute atomic E-state index is 13.9. The maximum Gasteiger partial charge on any atom is 0.160 e. The van der Waals surface area contributed by atoms with E-state index in [2.05, 4.69) is 23.8 Å². The second kappa shape index (κ2) is 5.64. The minimum Gasteiger partial charge on any atom is -0.308 e. The van der Waals surface area contributed by atoms with Crippen LogP contribution >= 0.6 is 0 Å². The summed E-state index contributed by atoms with van der Waals surface area (Å²) in [5.74, 6) is 1.26. The number of aromatic nitrogens is 3. The molecule has 0 unspecified atom stereocenters. The largest absolute Gasteiger partial charge is 0.308 e. The van der Waals surface area contributed by atoms with Gasteiger partial charge < -0.3 is 4.57 Å². The van der Waals surface area contributed by atoms with Crippen LogP contribution in [0.2, 0.25) is 0 Å². The molecule has 3 nitrogen and oxygen atoms in total. The molecule has 0 spiro atoms. The van der Waals surface area contributed by atoms with Gasteiger partial charge in [0.25, 0.3) is 0 Å². The van der Waals surface area contributed by atoms with E-state index in [-0.39, 0.29) is 5.82 Å². The highest BCUT2D eigenvalue weighted by atomic mass is 19.1. The molecule has 0 fully saturated rings. The van der Waals surface area contributed by atoms with Crippen molar-refractivity contribution in [1.29, 1.82) is 0 Å². The summed E-state index contributed by atoms with van der Waals surface area (Å²) in [6.45, 7) is 4.77. The second-order valence-electron chi connectivity index (χ2n) is 5.65. The zero-order chi connectivity index (χ0) is 14.8. The predicted molar refractivity (Wildman–Crippen MR) is 81.6 cm³/mol. The highest BCUT2D eigenvalue weighted by molar-refractivity contribution is 5.71. The molecule has 0 aliphatic carbocycles. The lowest BCUT2D eigenvalue weighted by Gasteiger charge is -2.11. The summed E-state index contributed by atoms with van der Waals surface area (Å²) in [4.78, 5) is 9.07. The molecule has 1 aromatic carbocycles. The van der Waals surface area contributed by atoms with Gasteiger partial charge >= 0.3 is 0 Å². The first kappa shape index (κ1) is 13.7. The summed E-state index contributed by atoms with van der Waals surface area (Å²) >= 11 is 0. The highest BCUT2D eigenvalue weighted by Crippen LogP contribution is 2.19. The summed E-state index contributed by atoms with van der Waals surface area (Å²) in [5, 5.41) is 0. The molecule has 2 aromatic heterocycles. The van der Waals surface area contributed by atoms with Crippen LogP contribution in [0.4, 0.5) is 4.39 Å². The molecule has 0 radical (unpaired) electrons. The first-order valence-corrected chi connectivity index (χ1v) is 7.18. The molecule has 0 amide bonds. The van der Waals surface area contributed by atoms with Crippen LogP contribution in [0.5, 0.6) is 0 Å². The van der Waals surface area contributed by atoms with E-state index >= 15 is 0 Å². The smallest absolute Gasteiger partial charge is 0.160 e. The quantitative estimate of drug-likeness (QED) is 0.729. The third-order valence-corrected chi connectivity index (χ3v) is 3.46. The first-order chi connectivity index (χ1) is 10.1. The standard InChI is InChI=1S/C17H18FN3/c1-12(2)10-16-20-15-8-5-9-19-17(15)21(16)11-13-6-3-4-7-14(13)18/h3-9,12H,10-11H2,1-2H3. The van der Waals surface area contributed by atoms with Crippen molar-refractivity contribution >= 4 is 11.2 Å². The minimum absolute atomic E-state index is 0.189. The summed E-state index contributed by atoms with van der Waals surface area (Å²) in [5.41, 5.74) is 2.34. The van der Waals surface area contributed by atoms with Crippen LogP contribution < -0.4 is 0 Å². The lowest BCUT2D eigenvalue weighted by molar-refractivity contribution is 0.574. The molecule has 0 aliphatic rings. The van der Waals surface area contributed by atoms with Crippen molar-refractivity contribution in [3.05, 3.63) is 59.8 Å². The summed E-state index contributed by atoms with van der Waals surface area (Å²) in [6, 6.07) is 10.7. The molecule has 21 heavy (non-hydrogen) atoms. The van der Waals surface area contributed by atoms with Crippen LogP contribution in [0.1, 0.15) is 25.2 Å². The number of hydrogen-bond donors (Lipinski definition) is 0. The van der Waals surface area contributed by atoms with Crippen molar-refractivity contribution in [3.8, 4) is 0 Å². The van der Waals surface area contributed by atoms with Crippen LogP contribution in [0, 0.1) is 11.7 Å². The number of hydrogen-bond acceptors (Lipinski definition) is 2. The van der Waals surface area contributed by atoms with E-state index in [4.69, 9.17) is 0 Å². The molecule has 3 aromatic rings. The summed E-state index contributed by atoms with van der Waals surface area (Å²) in [7, 11) is 0. The van der Waals surface area contributed by atoms with Crippen LogP contribution in [0.15, 0.2) is 42.6 Å². The van der Waals surface area contributed by atoms with Gasteiger partial charge in [-0.25, -0.2) is 14.4 Å². The summed E-state index contributed by atoms with van der Waals surface area (Å²) < 4.78 is 15.9. The van der Waals surface area contributed by atoms with Crippen LogP contribution in [0.25, 0.3) is 11.2 Å². The normalized spacial score (nSPS) is 11.4. The number of nitrogens with zero attached hydrogens (tertiary/aromatic N) is 3.